The third kappa shape index (κ3) is 3.14. The van der Waals surface area contributed by atoms with Crippen LogP contribution in [0.15, 0.2) is 34.8 Å². The fourth-order valence-corrected chi connectivity index (χ4v) is 1.72. The van der Waals surface area contributed by atoms with Gasteiger partial charge in [-0.25, -0.2) is 4.39 Å². The average molecular weight is 272 g/mol. The zero-order valence-electron chi connectivity index (χ0n) is 8.98. The maximum atomic E-state index is 13.3. The first-order valence-corrected chi connectivity index (χ1v) is 5.69. The van der Waals surface area contributed by atoms with Crippen LogP contribution in [-0.4, -0.2) is 6.54 Å². The topological polar surface area (TPSA) is 12.0 Å². The van der Waals surface area contributed by atoms with Crippen molar-refractivity contribution in [1.29, 1.82) is 0 Å². The van der Waals surface area contributed by atoms with Gasteiger partial charge in [-0.2, -0.15) is 0 Å². The molecular formula is C12H15BrFN. The second-order valence-corrected chi connectivity index (χ2v) is 4.36. The Labute approximate surface area is 98.5 Å². The van der Waals surface area contributed by atoms with Crippen molar-refractivity contribution in [2.24, 2.45) is 0 Å². The lowest BCUT2D eigenvalue weighted by molar-refractivity contribution is 0.595. The molecule has 1 rings (SSSR count). The number of rotatable bonds is 4. The highest BCUT2D eigenvalue weighted by molar-refractivity contribution is 9.10. The molecular weight excluding hydrogens is 257 g/mol. The summed E-state index contributed by atoms with van der Waals surface area (Å²) in [5.41, 5.74) is 1.89. The summed E-state index contributed by atoms with van der Waals surface area (Å²) >= 11 is 3.14. The zero-order chi connectivity index (χ0) is 11.4. The van der Waals surface area contributed by atoms with Crippen LogP contribution in [0.25, 0.3) is 0 Å². The molecule has 0 amide bonds. The molecule has 1 aromatic carbocycles. The molecule has 0 bridgehead atoms. The van der Waals surface area contributed by atoms with Crippen molar-refractivity contribution < 1.29 is 4.39 Å². The van der Waals surface area contributed by atoms with E-state index in [0.717, 1.165) is 17.7 Å². The van der Waals surface area contributed by atoms with E-state index in [-0.39, 0.29) is 11.9 Å². The van der Waals surface area contributed by atoms with Gasteiger partial charge in [0.15, 0.2) is 0 Å². The maximum Gasteiger partial charge on any atom is 0.137 e. The van der Waals surface area contributed by atoms with E-state index in [1.165, 1.54) is 6.07 Å². The number of hydrogen-bond acceptors (Lipinski definition) is 1. The maximum absolute atomic E-state index is 13.3. The Morgan fingerprint density at radius 1 is 1.60 bits per heavy atom. The van der Waals surface area contributed by atoms with E-state index in [4.69, 9.17) is 0 Å². The quantitative estimate of drug-likeness (QED) is 0.822. The van der Waals surface area contributed by atoms with E-state index in [1.54, 1.807) is 6.07 Å². The van der Waals surface area contributed by atoms with E-state index < -0.39 is 0 Å². The second kappa shape index (κ2) is 5.42. The Kier molecular flexibility index (Phi) is 4.48. The summed E-state index contributed by atoms with van der Waals surface area (Å²) in [6.07, 6.45) is 0. The third-order valence-electron chi connectivity index (χ3n) is 2.18. The van der Waals surface area contributed by atoms with E-state index in [2.05, 4.69) is 27.8 Å². The van der Waals surface area contributed by atoms with Crippen LogP contribution in [-0.2, 0) is 0 Å². The molecule has 1 aromatic rings. The van der Waals surface area contributed by atoms with Gasteiger partial charge in [0.2, 0.25) is 0 Å². The molecule has 1 N–H and O–H groups in total. The van der Waals surface area contributed by atoms with Crippen molar-refractivity contribution in [2.45, 2.75) is 19.9 Å². The minimum absolute atomic E-state index is 0.0256. The molecule has 0 aliphatic heterocycles. The molecule has 1 nitrogen and oxygen atoms in total. The number of likely N-dealkylation sites (N-methyl/N-ethyl adjacent to an activating group) is 1. The van der Waals surface area contributed by atoms with Crippen molar-refractivity contribution in [3.8, 4) is 0 Å². The highest BCUT2D eigenvalue weighted by Gasteiger charge is 2.12. The monoisotopic (exact) mass is 271 g/mol. The molecule has 15 heavy (non-hydrogen) atoms. The van der Waals surface area contributed by atoms with Crippen LogP contribution in [0, 0.1) is 5.82 Å². The van der Waals surface area contributed by atoms with Gasteiger partial charge in [-0.15, -0.1) is 0 Å². The van der Waals surface area contributed by atoms with Gasteiger partial charge in [-0.05, 0) is 47.1 Å². The molecule has 0 heterocycles. The smallest absolute Gasteiger partial charge is 0.137 e. The molecule has 0 saturated carbocycles. The van der Waals surface area contributed by atoms with Crippen LogP contribution in [0.3, 0.4) is 0 Å². The number of benzene rings is 1. The van der Waals surface area contributed by atoms with Crippen molar-refractivity contribution in [1.82, 2.24) is 5.32 Å². The molecule has 0 aliphatic rings. The van der Waals surface area contributed by atoms with E-state index in [0.29, 0.717) is 4.47 Å². The van der Waals surface area contributed by atoms with Gasteiger partial charge in [-0.1, -0.05) is 25.1 Å². The number of nitrogens with one attached hydrogen (secondary N) is 1. The predicted octanol–water partition coefficient (Wildman–Crippen LogP) is 3.81. The second-order valence-electron chi connectivity index (χ2n) is 3.51. The van der Waals surface area contributed by atoms with Crippen LogP contribution >= 0.6 is 15.9 Å². The Balaban J connectivity index is 3.01. The Hall–Kier alpha value is -0.670. The fourth-order valence-electron chi connectivity index (χ4n) is 1.47. The molecule has 0 spiro atoms. The largest absolute Gasteiger partial charge is 0.307 e. The summed E-state index contributed by atoms with van der Waals surface area (Å²) in [6.45, 7) is 8.69. The summed E-state index contributed by atoms with van der Waals surface area (Å²) in [6, 6.07) is 5.18. The highest BCUT2D eigenvalue weighted by atomic mass is 79.9. The molecule has 0 aliphatic carbocycles. The lowest BCUT2D eigenvalue weighted by atomic mass is 10.0. The summed E-state index contributed by atoms with van der Waals surface area (Å²) in [5, 5.41) is 3.26. The third-order valence-corrected chi connectivity index (χ3v) is 2.82. The Morgan fingerprint density at radius 2 is 2.27 bits per heavy atom. The SMILES string of the molecule is C=C(C)C(NCC)c1ccc(Br)c(F)c1. The predicted molar refractivity (Wildman–Crippen MR) is 65.3 cm³/mol. The van der Waals surface area contributed by atoms with Gasteiger partial charge in [0.1, 0.15) is 5.82 Å². The first kappa shape index (κ1) is 12.4. The minimum atomic E-state index is -0.239. The standard InChI is InChI=1S/C12H15BrFN/c1-4-15-12(8(2)3)9-5-6-10(13)11(14)7-9/h5-7,12,15H,2,4H2,1,3H3. The summed E-state index contributed by atoms with van der Waals surface area (Å²) in [4.78, 5) is 0. The van der Waals surface area contributed by atoms with Gasteiger partial charge < -0.3 is 5.32 Å². The first-order valence-electron chi connectivity index (χ1n) is 4.90. The first-order chi connectivity index (χ1) is 7.06. The summed E-state index contributed by atoms with van der Waals surface area (Å²) < 4.78 is 13.8. The summed E-state index contributed by atoms with van der Waals surface area (Å²) in [5.74, 6) is -0.239. The summed E-state index contributed by atoms with van der Waals surface area (Å²) in [7, 11) is 0. The van der Waals surface area contributed by atoms with Crippen LogP contribution in [0.4, 0.5) is 4.39 Å². The molecule has 1 atom stereocenters. The molecule has 3 heteroatoms. The lowest BCUT2D eigenvalue weighted by Crippen LogP contribution is -2.21. The van der Waals surface area contributed by atoms with Crippen molar-refractivity contribution >= 4 is 15.9 Å². The molecule has 0 radical (unpaired) electrons. The van der Waals surface area contributed by atoms with Crippen LogP contribution in [0.1, 0.15) is 25.5 Å². The molecule has 0 fully saturated rings. The lowest BCUT2D eigenvalue weighted by Gasteiger charge is -2.18. The van der Waals surface area contributed by atoms with Crippen molar-refractivity contribution in [3.63, 3.8) is 0 Å². The molecule has 82 valence electrons. The Bertz CT molecular complexity index is 363. The van der Waals surface area contributed by atoms with E-state index in [1.807, 2.05) is 19.9 Å². The van der Waals surface area contributed by atoms with Crippen LogP contribution < -0.4 is 5.32 Å². The molecule has 0 aromatic heterocycles. The van der Waals surface area contributed by atoms with Gasteiger partial charge in [0.25, 0.3) is 0 Å². The fraction of sp³-hybridized carbons (Fsp3) is 0.333. The van der Waals surface area contributed by atoms with Crippen LogP contribution in [0.5, 0.6) is 0 Å². The van der Waals surface area contributed by atoms with Crippen molar-refractivity contribution in [2.75, 3.05) is 6.54 Å². The normalized spacial score (nSPS) is 12.5. The average Bonchev–Trinajstić information content (AvgIpc) is 2.18. The zero-order valence-corrected chi connectivity index (χ0v) is 10.6. The molecule has 0 saturated heterocycles. The van der Waals surface area contributed by atoms with Gasteiger partial charge in [0, 0.05) is 0 Å². The Morgan fingerprint density at radius 3 is 2.73 bits per heavy atom. The minimum Gasteiger partial charge on any atom is -0.307 e. The van der Waals surface area contributed by atoms with Gasteiger partial charge in [0.05, 0.1) is 10.5 Å². The number of hydrogen-bond donors (Lipinski definition) is 1. The molecule has 1 unspecified atom stereocenters. The highest BCUT2D eigenvalue weighted by Crippen LogP contribution is 2.24. The number of halogens is 2. The van der Waals surface area contributed by atoms with Gasteiger partial charge in [-0.3, -0.25) is 0 Å². The van der Waals surface area contributed by atoms with Gasteiger partial charge >= 0.3 is 0 Å². The van der Waals surface area contributed by atoms with E-state index in [9.17, 15) is 4.39 Å². The van der Waals surface area contributed by atoms with E-state index >= 15 is 0 Å². The van der Waals surface area contributed by atoms with Crippen LogP contribution in [0.2, 0.25) is 0 Å². The van der Waals surface area contributed by atoms with Crippen molar-refractivity contribution in [3.05, 3.63) is 46.2 Å².